The molecule has 0 bridgehead atoms. The van der Waals surface area contributed by atoms with Gasteiger partial charge in [-0.3, -0.25) is 0 Å². The predicted octanol–water partition coefficient (Wildman–Crippen LogP) is 8.27. The number of carbonyl (C=O) groups excluding carboxylic acids is 2. The van der Waals surface area contributed by atoms with E-state index < -0.39 is 46.7 Å². The summed E-state index contributed by atoms with van der Waals surface area (Å²) < 4.78 is 80.3. The second-order valence-corrected chi connectivity index (χ2v) is 8.58. The number of hydrogen-bond acceptors (Lipinski definition) is 6. The number of halogens is 4. The van der Waals surface area contributed by atoms with Crippen LogP contribution in [0.3, 0.4) is 0 Å². The highest BCUT2D eigenvalue weighted by Crippen LogP contribution is 2.39. The molecule has 10 heteroatoms. The summed E-state index contributed by atoms with van der Waals surface area (Å²) in [5.41, 5.74) is 0.501. The minimum Gasteiger partial charge on any atom is -0.451 e. The van der Waals surface area contributed by atoms with E-state index in [4.69, 9.17) is 18.9 Å². The van der Waals surface area contributed by atoms with Crippen LogP contribution in [0.15, 0.2) is 109 Å². The van der Waals surface area contributed by atoms with Gasteiger partial charge in [0.1, 0.15) is 23.0 Å². The molecule has 0 aliphatic carbocycles. The number of benzene rings is 5. The summed E-state index contributed by atoms with van der Waals surface area (Å²) in [5, 5.41) is 0. The van der Waals surface area contributed by atoms with E-state index in [2.05, 4.69) is 0 Å². The Morgan fingerprint density at radius 1 is 0.429 bits per heavy atom. The molecule has 210 valence electrons. The van der Waals surface area contributed by atoms with Gasteiger partial charge in [0.05, 0.1) is 11.1 Å². The van der Waals surface area contributed by atoms with E-state index in [0.717, 1.165) is 12.1 Å². The minimum absolute atomic E-state index is 0.0455. The lowest BCUT2D eigenvalue weighted by atomic mass is 10.2. The smallest absolute Gasteiger partial charge is 0.343 e. The van der Waals surface area contributed by atoms with E-state index in [1.165, 1.54) is 60.7 Å². The van der Waals surface area contributed by atoms with E-state index >= 15 is 0 Å². The van der Waals surface area contributed by atoms with Crippen molar-refractivity contribution >= 4 is 11.9 Å². The molecule has 0 spiro atoms. The molecular formula is C32H18F4O6. The van der Waals surface area contributed by atoms with Crippen molar-refractivity contribution in [2.45, 2.75) is 0 Å². The van der Waals surface area contributed by atoms with Gasteiger partial charge < -0.3 is 18.9 Å². The Kier molecular flexibility index (Phi) is 8.14. The van der Waals surface area contributed by atoms with Gasteiger partial charge in [0.2, 0.25) is 34.8 Å². The molecule has 0 aliphatic rings. The highest BCUT2D eigenvalue weighted by molar-refractivity contribution is 5.91. The average Bonchev–Trinajstić information content (AvgIpc) is 3.02. The average molecular weight is 574 g/mol. The maximum absolute atomic E-state index is 14.9. The molecule has 5 aromatic rings. The Bertz CT molecular complexity index is 1600. The lowest BCUT2D eigenvalue weighted by Gasteiger charge is -2.14. The fourth-order valence-corrected chi connectivity index (χ4v) is 3.69. The third-order valence-electron chi connectivity index (χ3n) is 5.67. The van der Waals surface area contributed by atoms with Crippen LogP contribution in [-0.4, -0.2) is 11.9 Å². The Balaban J connectivity index is 1.34. The molecule has 0 atom stereocenters. The van der Waals surface area contributed by atoms with E-state index in [1.54, 1.807) is 36.4 Å². The SMILES string of the molecule is O=C(Oc1cccc(Oc2c(F)c(F)c(Oc3cccc(OC(=O)c4ccccc4)c3)c(F)c2F)c1)c1ccccc1. The molecule has 42 heavy (non-hydrogen) atoms. The first-order valence-electron chi connectivity index (χ1n) is 12.3. The lowest BCUT2D eigenvalue weighted by molar-refractivity contribution is 0.0725. The molecule has 0 heterocycles. The third-order valence-corrected chi connectivity index (χ3v) is 5.67. The molecule has 5 aromatic carbocycles. The number of rotatable bonds is 8. The first-order valence-corrected chi connectivity index (χ1v) is 12.3. The topological polar surface area (TPSA) is 71.1 Å². The molecule has 0 saturated carbocycles. The first-order chi connectivity index (χ1) is 20.3. The molecule has 5 rings (SSSR count). The standard InChI is InChI=1S/C32H18F4O6/c33-25-27(35)30(40-22-14-8-16-24(18-22)42-32(38)20-11-5-2-6-12-20)28(36)26(34)29(25)39-21-13-7-15-23(17-21)41-31(37)19-9-3-1-4-10-19/h1-18H. The quantitative estimate of drug-likeness (QED) is 0.0804. The van der Waals surface area contributed by atoms with Crippen LogP contribution in [-0.2, 0) is 0 Å². The molecule has 0 fully saturated rings. The monoisotopic (exact) mass is 574 g/mol. The van der Waals surface area contributed by atoms with Gasteiger partial charge in [-0.05, 0) is 48.5 Å². The van der Waals surface area contributed by atoms with Crippen LogP contribution in [0.2, 0.25) is 0 Å². The Labute approximate surface area is 236 Å². The van der Waals surface area contributed by atoms with Crippen molar-refractivity contribution in [2.24, 2.45) is 0 Å². The van der Waals surface area contributed by atoms with E-state index in [-0.39, 0.29) is 34.1 Å². The van der Waals surface area contributed by atoms with E-state index in [1.807, 2.05) is 0 Å². The van der Waals surface area contributed by atoms with Crippen molar-refractivity contribution in [1.29, 1.82) is 0 Å². The Morgan fingerprint density at radius 3 is 1.12 bits per heavy atom. The van der Waals surface area contributed by atoms with Crippen LogP contribution in [0.4, 0.5) is 17.6 Å². The fourth-order valence-electron chi connectivity index (χ4n) is 3.69. The van der Waals surface area contributed by atoms with E-state index in [0.29, 0.717) is 0 Å². The van der Waals surface area contributed by atoms with Crippen LogP contribution in [0.5, 0.6) is 34.5 Å². The summed E-state index contributed by atoms with van der Waals surface area (Å²) in [6, 6.07) is 26.2. The summed E-state index contributed by atoms with van der Waals surface area (Å²) in [6.07, 6.45) is 0. The van der Waals surface area contributed by atoms with Gasteiger partial charge in [-0.15, -0.1) is 0 Å². The summed E-state index contributed by atoms with van der Waals surface area (Å²) >= 11 is 0. The van der Waals surface area contributed by atoms with Crippen molar-refractivity contribution in [1.82, 2.24) is 0 Å². The second-order valence-electron chi connectivity index (χ2n) is 8.58. The van der Waals surface area contributed by atoms with Gasteiger partial charge in [0.25, 0.3) is 0 Å². The maximum atomic E-state index is 14.9. The molecule has 0 saturated heterocycles. The Morgan fingerprint density at radius 2 is 0.762 bits per heavy atom. The summed E-state index contributed by atoms with van der Waals surface area (Å²) in [6.45, 7) is 0. The van der Waals surface area contributed by atoms with Crippen LogP contribution < -0.4 is 18.9 Å². The largest absolute Gasteiger partial charge is 0.451 e. The van der Waals surface area contributed by atoms with Gasteiger partial charge in [0.15, 0.2) is 0 Å². The van der Waals surface area contributed by atoms with Crippen molar-refractivity contribution in [3.63, 3.8) is 0 Å². The fraction of sp³-hybridized carbons (Fsp3) is 0. The van der Waals surface area contributed by atoms with Gasteiger partial charge >= 0.3 is 11.9 Å². The maximum Gasteiger partial charge on any atom is 0.343 e. The minimum atomic E-state index is -1.87. The van der Waals surface area contributed by atoms with Crippen molar-refractivity contribution < 1.29 is 46.1 Å². The van der Waals surface area contributed by atoms with E-state index in [9.17, 15) is 27.2 Å². The highest BCUT2D eigenvalue weighted by Gasteiger charge is 2.29. The molecular weight excluding hydrogens is 556 g/mol. The molecule has 0 aromatic heterocycles. The molecule has 0 radical (unpaired) electrons. The predicted molar refractivity (Wildman–Crippen MR) is 142 cm³/mol. The van der Waals surface area contributed by atoms with Crippen LogP contribution in [0, 0.1) is 23.3 Å². The van der Waals surface area contributed by atoms with Crippen molar-refractivity contribution in [2.75, 3.05) is 0 Å². The van der Waals surface area contributed by atoms with Crippen LogP contribution >= 0.6 is 0 Å². The summed E-state index contributed by atoms with van der Waals surface area (Å²) in [4.78, 5) is 24.6. The third kappa shape index (κ3) is 6.23. The van der Waals surface area contributed by atoms with Gasteiger partial charge in [-0.1, -0.05) is 48.5 Å². The number of esters is 2. The molecule has 6 nitrogen and oxygen atoms in total. The van der Waals surface area contributed by atoms with Crippen molar-refractivity contribution in [3.05, 3.63) is 144 Å². The zero-order chi connectivity index (χ0) is 29.6. The highest BCUT2D eigenvalue weighted by atomic mass is 19.2. The number of carbonyl (C=O) groups is 2. The Hall–Kier alpha value is -5.64. The molecule has 0 amide bonds. The summed E-state index contributed by atoms with van der Waals surface area (Å²) in [5.74, 6) is -12.3. The summed E-state index contributed by atoms with van der Waals surface area (Å²) in [7, 11) is 0. The second kappa shape index (κ2) is 12.3. The van der Waals surface area contributed by atoms with Gasteiger partial charge in [-0.25, -0.2) is 9.59 Å². The number of hydrogen-bond donors (Lipinski definition) is 0. The molecule has 0 aliphatic heterocycles. The van der Waals surface area contributed by atoms with Gasteiger partial charge in [-0.2, -0.15) is 17.6 Å². The van der Waals surface area contributed by atoms with Crippen LogP contribution in [0.25, 0.3) is 0 Å². The first kappa shape index (κ1) is 27.9. The lowest BCUT2D eigenvalue weighted by Crippen LogP contribution is -2.08. The molecule has 0 unspecified atom stereocenters. The zero-order valence-electron chi connectivity index (χ0n) is 21.4. The van der Waals surface area contributed by atoms with Gasteiger partial charge in [0, 0.05) is 12.1 Å². The zero-order valence-corrected chi connectivity index (χ0v) is 21.4. The number of ether oxygens (including phenoxy) is 4. The van der Waals surface area contributed by atoms with Crippen LogP contribution in [0.1, 0.15) is 20.7 Å². The normalized spacial score (nSPS) is 10.6. The molecule has 0 N–H and O–H groups in total. The van der Waals surface area contributed by atoms with Crippen molar-refractivity contribution in [3.8, 4) is 34.5 Å².